The molecule has 38 heavy (non-hydrogen) atoms. The Morgan fingerprint density at radius 3 is 2.37 bits per heavy atom. The second-order valence-corrected chi connectivity index (χ2v) is 8.94. The first kappa shape index (κ1) is 25.1. The third-order valence-electron chi connectivity index (χ3n) is 6.58. The number of halogens is 3. The van der Waals surface area contributed by atoms with Gasteiger partial charge in [-0.2, -0.15) is 13.2 Å². The van der Waals surface area contributed by atoms with Crippen molar-refractivity contribution in [3.8, 4) is 5.88 Å². The molecule has 1 aromatic carbocycles. The summed E-state index contributed by atoms with van der Waals surface area (Å²) in [4.78, 5) is 37.7. The third-order valence-corrected chi connectivity index (χ3v) is 6.58. The Morgan fingerprint density at radius 2 is 1.71 bits per heavy atom. The fraction of sp³-hybridized carbons (Fsp3) is 0.222. The first-order valence-electron chi connectivity index (χ1n) is 11.8. The molecule has 0 saturated heterocycles. The number of benzene rings is 1. The number of rotatable bonds is 6. The van der Waals surface area contributed by atoms with E-state index in [1.807, 2.05) is 0 Å². The number of anilines is 1. The lowest BCUT2D eigenvalue weighted by Crippen LogP contribution is -2.50. The Bertz CT molecular complexity index is 1510. The highest BCUT2D eigenvalue weighted by atomic mass is 19.4. The van der Waals surface area contributed by atoms with E-state index in [1.54, 1.807) is 48.7 Å². The first-order valence-corrected chi connectivity index (χ1v) is 11.8. The molecule has 2 N–H and O–H groups in total. The average Bonchev–Trinajstić information content (AvgIpc) is 2.90. The molecule has 1 fully saturated rings. The molecule has 0 aliphatic heterocycles. The first-order chi connectivity index (χ1) is 18.2. The van der Waals surface area contributed by atoms with Gasteiger partial charge in [0.05, 0.1) is 18.2 Å². The van der Waals surface area contributed by atoms with Crippen LogP contribution in [0.25, 0.3) is 11.0 Å². The molecule has 11 heteroatoms. The summed E-state index contributed by atoms with van der Waals surface area (Å²) in [7, 11) is 1.19. The van der Waals surface area contributed by atoms with Crippen molar-refractivity contribution in [2.45, 2.75) is 31.0 Å². The van der Waals surface area contributed by atoms with Crippen molar-refractivity contribution in [1.29, 1.82) is 0 Å². The largest absolute Gasteiger partial charge is 0.481 e. The van der Waals surface area contributed by atoms with Gasteiger partial charge in [0.15, 0.2) is 5.65 Å². The van der Waals surface area contributed by atoms with Crippen LogP contribution in [0, 0.1) is 0 Å². The fourth-order valence-electron chi connectivity index (χ4n) is 4.44. The number of nitrogens with one attached hydrogen (secondary N) is 2. The number of carbonyl (C=O) groups excluding carboxylic acids is 2. The summed E-state index contributed by atoms with van der Waals surface area (Å²) in [5, 5.41) is 6.39. The summed E-state index contributed by atoms with van der Waals surface area (Å²) in [6.45, 7) is 0. The summed E-state index contributed by atoms with van der Waals surface area (Å²) >= 11 is 0. The summed E-state index contributed by atoms with van der Waals surface area (Å²) < 4.78 is 44.6. The average molecular weight is 521 g/mol. The van der Waals surface area contributed by atoms with Gasteiger partial charge < -0.3 is 15.4 Å². The molecule has 194 valence electrons. The van der Waals surface area contributed by atoms with Crippen LogP contribution in [0.3, 0.4) is 0 Å². The Kier molecular flexibility index (Phi) is 6.43. The highest BCUT2D eigenvalue weighted by Gasteiger charge is 2.41. The van der Waals surface area contributed by atoms with Gasteiger partial charge in [-0.15, -0.1) is 0 Å². The molecule has 3 aromatic heterocycles. The van der Waals surface area contributed by atoms with E-state index in [-0.39, 0.29) is 17.4 Å². The number of hydrogen-bond acceptors (Lipinski definition) is 6. The van der Waals surface area contributed by atoms with Crippen LogP contribution >= 0.6 is 0 Å². The lowest BCUT2D eigenvalue weighted by molar-refractivity contribution is -0.141. The van der Waals surface area contributed by atoms with Crippen LogP contribution in [0.15, 0.2) is 67.0 Å². The van der Waals surface area contributed by atoms with Crippen molar-refractivity contribution < 1.29 is 27.5 Å². The van der Waals surface area contributed by atoms with Gasteiger partial charge >= 0.3 is 6.18 Å². The van der Waals surface area contributed by atoms with Crippen LogP contribution in [0.4, 0.5) is 18.9 Å². The van der Waals surface area contributed by atoms with Gasteiger partial charge in [-0.05, 0) is 61.2 Å². The van der Waals surface area contributed by atoms with E-state index >= 15 is 0 Å². The maximum atomic E-state index is 13.3. The third kappa shape index (κ3) is 4.86. The van der Waals surface area contributed by atoms with E-state index in [0.29, 0.717) is 41.2 Å². The molecule has 0 radical (unpaired) electrons. The molecule has 0 bridgehead atoms. The zero-order chi connectivity index (χ0) is 26.9. The minimum absolute atomic E-state index is 0.196. The molecule has 1 saturated carbocycles. The van der Waals surface area contributed by atoms with Crippen LogP contribution in [-0.2, 0) is 11.7 Å². The van der Waals surface area contributed by atoms with Crippen LogP contribution in [0.5, 0.6) is 5.88 Å². The fourth-order valence-corrected chi connectivity index (χ4v) is 4.44. The van der Waals surface area contributed by atoms with Gasteiger partial charge in [-0.25, -0.2) is 15.0 Å². The zero-order valence-electron chi connectivity index (χ0n) is 20.2. The van der Waals surface area contributed by atoms with Crippen molar-refractivity contribution in [2.75, 3.05) is 12.4 Å². The normalized spacial score (nSPS) is 14.4. The van der Waals surface area contributed by atoms with E-state index < -0.39 is 23.3 Å². The summed E-state index contributed by atoms with van der Waals surface area (Å²) in [6.07, 6.45) is 0.480. The van der Waals surface area contributed by atoms with Crippen molar-refractivity contribution in [3.63, 3.8) is 0 Å². The molecule has 3 heterocycles. The topological polar surface area (TPSA) is 106 Å². The number of fused-ring (bicyclic) bond motifs is 1. The molecule has 1 aliphatic carbocycles. The molecule has 2 amide bonds. The lowest BCUT2D eigenvalue weighted by Gasteiger charge is -2.43. The van der Waals surface area contributed by atoms with Crippen LogP contribution in [0.1, 0.15) is 51.2 Å². The minimum atomic E-state index is -4.73. The van der Waals surface area contributed by atoms with E-state index in [1.165, 1.54) is 19.4 Å². The molecule has 5 rings (SSSR count). The standard InChI is InChI=1S/C27H22F3N5O3/c1-38-22-15-16(14-21(34-22)27(28,29)30)24(36)35-26(10-3-11-26)17-5-7-18(8-6-17)33-25(37)20-9-13-32-23-19(20)4-2-12-31-23/h2,4-9,12-15H,3,10-11H2,1H3,(H,33,37)(H,35,36). The van der Waals surface area contributed by atoms with Gasteiger partial charge in [0, 0.05) is 35.1 Å². The highest BCUT2D eigenvalue weighted by Crippen LogP contribution is 2.42. The number of hydrogen-bond donors (Lipinski definition) is 2. The quantitative estimate of drug-likeness (QED) is 0.365. The Labute approximate surface area is 215 Å². The van der Waals surface area contributed by atoms with Gasteiger partial charge in [-0.3, -0.25) is 9.59 Å². The molecule has 0 unspecified atom stereocenters. The van der Waals surface area contributed by atoms with Gasteiger partial charge in [-0.1, -0.05) is 12.1 Å². The highest BCUT2D eigenvalue weighted by molar-refractivity contribution is 6.11. The molecule has 8 nitrogen and oxygen atoms in total. The number of aromatic nitrogens is 3. The minimum Gasteiger partial charge on any atom is -0.481 e. The summed E-state index contributed by atoms with van der Waals surface area (Å²) in [5.41, 5.74) is 0.0866. The smallest absolute Gasteiger partial charge is 0.433 e. The molecular formula is C27H22F3N5O3. The van der Waals surface area contributed by atoms with Crippen LogP contribution in [-0.4, -0.2) is 33.9 Å². The van der Waals surface area contributed by atoms with E-state index in [9.17, 15) is 22.8 Å². The molecule has 0 spiro atoms. The molecular weight excluding hydrogens is 499 g/mol. The van der Waals surface area contributed by atoms with E-state index in [0.717, 1.165) is 12.0 Å². The van der Waals surface area contributed by atoms with Crippen molar-refractivity contribution in [1.82, 2.24) is 20.3 Å². The van der Waals surface area contributed by atoms with Crippen LogP contribution in [0.2, 0.25) is 0 Å². The van der Waals surface area contributed by atoms with Gasteiger partial charge in [0.1, 0.15) is 5.69 Å². The number of nitrogens with zero attached hydrogens (tertiary/aromatic N) is 3. The summed E-state index contributed by atoms with van der Waals surface area (Å²) in [6, 6.07) is 14.0. The molecule has 1 aliphatic rings. The SMILES string of the molecule is COc1cc(C(=O)NC2(c3ccc(NC(=O)c4ccnc5ncccc45)cc3)CCC2)cc(C(F)(F)F)n1. The van der Waals surface area contributed by atoms with Crippen molar-refractivity contribution >= 4 is 28.5 Å². The number of alkyl halides is 3. The molecule has 0 atom stereocenters. The summed E-state index contributed by atoms with van der Waals surface area (Å²) in [5.74, 6) is -1.28. The lowest BCUT2D eigenvalue weighted by atomic mass is 9.71. The Morgan fingerprint density at radius 1 is 0.974 bits per heavy atom. The van der Waals surface area contributed by atoms with Crippen molar-refractivity contribution in [2.24, 2.45) is 0 Å². The maximum absolute atomic E-state index is 13.3. The number of amides is 2. The predicted molar refractivity (Wildman–Crippen MR) is 133 cm³/mol. The predicted octanol–water partition coefficient (Wildman–Crippen LogP) is 5.11. The number of pyridine rings is 3. The zero-order valence-corrected chi connectivity index (χ0v) is 20.2. The van der Waals surface area contributed by atoms with Crippen LogP contribution < -0.4 is 15.4 Å². The Balaban J connectivity index is 1.34. The van der Waals surface area contributed by atoms with Gasteiger partial charge in [0.2, 0.25) is 5.88 Å². The number of carbonyl (C=O) groups is 2. The second kappa shape index (κ2) is 9.73. The van der Waals surface area contributed by atoms with E-state index in [2.05, 4.69) is 25.6 Å². The molecule has 4 aromatic rings. The second-order valence-electron chi connectivity index (χ2n) is 8.94. The number of methoxy groups -OCH3 is 1. The van der Waals surface area contributed by atoms with E-state index in [4.69, 9.17) is 4.74 Å². The Hall–Kier alpha value is -4.54. The van der Waals surface area contributed by atoms with Crippen molar-refractivity contribution in [3.05, 3.63) is 89.4 Å². The number of ether oxygens (including phenoxy) is 1. The maximum Gasteiger partial charge on any atom is 0.433 e. The monoisotopic (exact) mass is 521 g/mol. The van der Waals surface area contributed by atoms with Gasteiger partial charge in [0.25, 0.3) is 11.8 Å².